The standard InChI is InChI=1S/C19H21Cl2N3O2/c1-26-15-7-5-14(6-8-15)23-9-11-24(12-10-23)18(25)13-22-19-16(20)3-2-4-17(19)21/h2-8,22H,9-13H2,1H3. The predicted octanol–water partition coefficient (Wildman–Crippen LogP) is 3.76. The number of methoxy groups -OCH3 is 1. The molecule has 0 radical (unpaired) electrons. The molecule has 3 rings (SSSR count). The second-order valence-electron chi connectivity index (χ2n) is 6.02. The van der Waals surface area contributed by atoms with Gasteiger partial charge in [-0.1, -0.05) is 29.3 Å². The molecule has 0 aliphatic carbocycles. The van der Waals surface area contributed by atoms with Crippen molar-refractivity contribution < 1.29 is 9.53 Å². The van der Waals surface area contributed by atoms with Gasteiger partial charge in [0.05, 0.1) is 29.4 Å². The number of hydrogen-bond donors (Lipinski definition) is 1. The van der Waals surface area contributed by atoms with Crippen molar-refractivity contribution in [3.05, 3.63) is 52.5 Å². The van der Waals surface area contributed by atoms with E-state index in [2.05, 4.69) is 10.2 Å². The number of halogens is 2. The summed E-state index contributed by atoms with van der Waals surface area (Å²) in [4.78, 5) is 16.6. The lowest BCUT2D eigenvalue weighted by Crippen LogP contribution is -2.50. The number of nitrogens with one attached hydrogen (secondary N) is 1. The van der Waals surface area contributed by atoms with Crippen molar-refractivity contribution in [3.63, 3.8) is 0 Å². The number of rotatable bonds is 5. The molecule has 2 aromatic carbocycles. The number of hydrogen-bond acceptors (Lipinski definition) is 4. The van der Waals surface area contributed by atoms with E-state index in [4.69, 9.17) is 27.9 Å². The molecule has 1 heterocycles. The highest BCUT2D eigenvalue weighted by Gasteiger charge is 2.21. The molecule has 2 aromatic rings. The molecule has 1 N–H and O–H groups in total. The molecule has 0 atom stereocenters. The molecule has 0 unspecified atom stereocenters. The first-order chi connectivity index (χ1) is 12.6. The first-order valence-corrected chi connectivity index (χ1v) is 9.19. The quantitative estimate of drug-likeness (QED) is 0.839. The van der Waals surface area contributed by atoms with Gasteiger partial charge in [-0.15, -0.1) is 0 Å². The van der Waals surface area contributed by atoms with E-state index in [0.29, 0.717) is 28.8 Å². The van der Waals surface area contributed by atoms with E-state index in [0.717, 1.165) is 24.5 Å². The molecule has 0 bridgehead atoms. The molecule has 26 heavy (non-hydrogen) atoms. The summed E-state index contributed by atoms with van der Waals surface area (Å²) in [5, 5.41) is 4.07. The minimum atomic E-state index is 0.0374. The lowest BCUT2D eigenvalue weighted by molar-refractivity contribution is -0.129. The number of benzene rings is 2. The Bertz CT molecular complexity index is 740. The van der Waals surface area contributed by atoms with Gasteiger partial charge >= 0.3 is 0 Å². The molecule has 1 aliphatic heterocycles. The number of para-hydroxylation sites is 1. The van der Waals surface area contributed by atoms with Gasteiger partial charge in [-0.2, -0.15) is 0 Å². The highest BCUT2D eigenvalue weighted by molar-refractivity contribution is 6.39. The number of amides is 1. The van der Waals surface area contributed by atoms with Gasteiger partial charge in [0.2, 0.25) is 5.91 Å². The van der Waals surface area contributed by atoms with E-state index in [9.17, 15) is 4.79 Å². The number of nitrogens with zero attached hydrogens (tertiary/aromatic N) is 2. The van der Waals surface area contributed by atoms with Crippen LogP contribution in [-0.2, 0) is 4.79 Å². The summed E-state index contributed by atoms with van der Waals surface area (Å²) >= 11 is 12.2. The summed E-state index contributed by atoms with van der Waals surface area (Å²) in [5.41, 5.74) is 1.74. The molecule has 0 aromatic heterocycles. The Morgan fingerprint density at radius 3 is 2.23 bits per heavy atom. The fraction of sp³-hybridized carbons (Fsp3) is 0.316. The Balaban J connectivity index is 1.51. The third-order valence-electron chi connectivity index (χ3n) is 4.45. The first-order valence-electron chi connectivity index (χ1n) is 8.43. The highest BCUT2D eigenvalue weighted by Crippen LogP contribution is 2.29. The maximum atomic E-state index is 12.5. The van der Waals surface area contributed by atoms with Crippen LogP contribution < -0.4 is 15.0 Å². The van der Waals surface area contributed by atoms with E-state index in [1.165, 1.54) is 0 Å². The number of carbonyl (C=O) groups is 1. The molecule has 1 aliphatic rings. The van der Waals surface area contributed by atoms with Gasteiger partial charge in [0.15, 0.2) is 0 Å². The second kappa shape index (κ2) is 8.52. The van der Waals surface area contributed by atoms with E-state index >= 15 is 0 Å². The topological polar surface area (TPSA) is 44.8 Å². The molecule has 0 spiro atoms. The Hall–Kier alpha value is -2.11. The average molecular weight is 394 g/mol. The smallest absolute Gasteiger partial charge is 0.241 e. The zero-order valence-electron chi connectivity index (χ0n) is 14.5. The van der Waals surface area contributed by atoms with Crippen molar-refractivity contribution in [2.24, 2.45) is 0 Å². The van der Waals surface area contributed by atoms with Crippen molar-refractivity contribution in [3.8, 4) is 5.75 Å². The van der Waals surface area contributed by atoms with Gasteiger partial charge in [0, 0.05) is 31.9 Å². The van der Waals surface area contributed by atoms with Gasteiger partial charge in [0.1, 0.15) is 5.75 Å². The maximum Gasteiger partial charge on any atom is 0.241 e. The molecular formula is C19H21Cl2N3O2. The molecule has 1 fully saturated rings. The SMILES string of the molecule is COc1ccc(N2CCN(C(=O)CNc3c(Cl)cccc3Cl)CC2)cc1. The molecule has 1 saturated heterocycles. The number of anilines is 2. The van der Waals surface area contributed by atoms with Crippen LogP contribution in [0.2, 0.25) is 10.0 Å². The van der Waals surface area contributed by atoms with Crippen LogP contribution in [0.5, 0.6) is 5.75 Å². The third kappa shape index (κ3) is 4.34. The van der Waals surface area contributed by atoms with Crippen molar-refractivity contribution >= 4 is 40.5 Å². The van der Waals surface area contributed by atoms with Gasteiger partial charge in [-0.25, -0.2) is 0 Å². The van der Waals surface area contributed by atoms with E-state index in [-0.39, 0.29) is 12.5 Å². The monoisotopic (exact) mass is 393 g/mol. The minimum Gasteiger partial charge on any atom is -0.497 e. The summed E-state index contributed by atoms with van der Waals surface area (Å²) in [6.45, 7) is 3.13. The molecule has 138 valence electrons. The van der Waals surface area contributed by atoms with Crippen LogP contribution >= 0.6 is 23.2 Å². The van der Waals surface area contributed by atoms with E-state index in [1.54, 1.807) is 25.3 Å². The predicted molar refractivity (Wildman–Crippen MR) is 107 cm³/mol. The minimum absolute atomic E-state index is 0.0374. The molecule has 5 nitrogen and oxygen atoms in total. The number of piperazine rings is 1. The van der Waals surface area contributed by atoms with Crippen molar-refractivity contribution in [1.82, 2.24) is 4.90 Å². The lowest BCUT2D eigenvalue weighted by atomic mass is 10.2. The Morgan fingerprint density at radius 2 is 1.65 bits per heavy atom. The lowest BCUT2D eigenvalue weighted by Gasteiger charge is -2.36. The molecule has 1 amide bonds. The first kappa shape index (κ1) is 18.7. The molecule has 7 heteroatoms. The van der Waals surface area contributed by atoms with Crippen LogP contribution in [0.15, 0.2) is 42.5 Å². The van der Waals surface area contributed by atoms with Gasteiger partial charge in [0.25, 0.3) is 0 Å². The van der Waals surface area contributed by atoms with Crippen LogP contribution in [0.1, 0.15) is 0 Å². The van der Waals surface area contributed by atoms with Gasteiger partial charge in [-0.3, -0.25) is 4.79 Å². The Morgan fingerprint density at radius 1 is 1.04 bits per heavy atom. The van der Waals surface area contributed by atoms with Crippen molar-refractivity contribution in [1.29, 1.82) is 0 Å². The van der Waals surface area contributed by atoms with E-state index in [1.807, 2.05) is 29.2 Å². The maximum absolute atomic E-state index is 12.5. The van der Waals surface area contributed by atoms with Gasteiger partial charge in [-0.05, 0) is 36.4 Å². The second-order valence-corrected chi connectivity index (χ2v) is 6.83. The Labute approximate surface area is 163 Å². The van der Waals surface area contributed by atoms with Crippen LogP contribution in [-0.4, -0.2) is 50.6 Å². The van der Waals surface area contributed by atoms with E-state index < -0.39 is 0 Å². The third-order valence-corrected chi connectivity index (χ3v) is 5.08. The van der Waals surface area contributed by atoms with Crippen molar-refractivity contribution in [2.75, 3.05) is 50.1 Å². The summed E-state index contributed by atoms with van der Waals surface area (Å²) in [6, 6.07) is 13.2. The molecule has 0 saturated carbocycles. The molecular weight excluding hydrogens is 373 g/mol. The summed E-state index contributed by atoms with van der Waals surface area (Å²) in [6.07, 6.45) is 0. The number of ether oxygens (including phenoxy) is 1. The highest BCUT2D eigenvalue weighted by atomic mass is 35.5. The largest absolute Gasteiger partial charge is 0.497 e. The summed E-state index contributed by atoms with van der Waals surface area (Å²) in [5.74, 6) is 0.877. The van der Waals surface area contributed by atoms with Crippen LogP contribution in [0, 0.1) is 0 Å². The normalized spacial score (nSPS) is 14.3. The van der Waals surface area contributed by atoms with Crippen LogP contribution in [0.25, 0.3) is 0 Å². The fourth-order valence-electron chi connectivity index (χ4n) is 2.95. The average Bonchev–Trinajstić information content (AvgIpc) is 2.67. The van der Waals surface area contributed by atoms with Crippen LogP contribution in [0.4, 0.5) is 11.4 Å². The summed E-state index contributed by atoms with van der Waals surface area (Å²) < 4.78 is 5.19. The Kier molecular flexibility index (Phi) is 6.12. The number of carbonyl (C=O) groups excluding carboxylic acids is 1. The summed E-state index contributed by atoms with van der Waals surface area (Å²) in [7, 11) is 1.66. The van der Waals surface area contributed by atoms with Crippen molar-refractivity contribution in [2.45, 2.75) is 0 Å². The van der Waals surface area contributed by atoms with Crippen LogP contribution in [0.3, 0.4) is 0 Å². The van der Waals surface area contributed by atoms with Gasteiger partial charge < -0.3 is 19.9 Å². The fourth-order valence-corrected chi connectivity index (χ4v) is 3.48. The zero-order chi connectivity index (χ0) is 18.5. The zero-order valence-corrected chi connectivity index (χ0v) is 16.1.